The highest BCUT2D eigenvalue weighted by atomic mass is 16.4. The summed E-state index contributed by atoms with van der Waals surface area (Å²) in [4.78, 5) is 22.3. The van der Waals surface area contributed by atoms with Crippen LogP contribution in [0.3, 0.4) is 0 Å². The van der Waals surface area contributed by atoms with Crippen molar-refractivity contribution in [1.29, 1.82) is 0 Å². The predicted octanol–water partition coefficient (Wildman–Crippen LogP) is 1.12. The molecular formula is C14H18N2O4. The molecule has 0 radical (unpaired) electrons. The Hall–Kier alpha value is -2.34. The van der Waals surface area contributed by atoms with Gasteiger partial charge in [0.2, 0.25) is 0 Å². The monoisotopic (exact) mass is 278 g/mol. The lowest BCUT2D eigenvalue weighted by Crippen LogP contribution is -2.43. The molecule has 20 heavy (non-hydrogen) atoms. The number of carboxylic acid groups (broad SMARTS) is 1. The second-order valence-electron chi connectivity index (χ2n) is 4.23. The number of hydrogen-bond acceptors (Lipinski definition) is 3. The van der Waals surface area contributed by atoms with Crippen LogP contribution < -0.4 is 10.6 Å². The summed E-state index contributed by atoms with van der Waals surface area (Å²) in [5.74, 6) is -0.988. The average molecular weight is 278 g/mol. The number of aromatic carboxylic acids is 1. The Morgan fingerprint density at radius 1 is 1.30 bits per heavy atom. The molecule has 6 heteroatoms. The van der Waals surface area contributed by atoms with E-state index < -0.39 is 12.0 Å². The van der Waals surface area contributed by atoms with Gasteiger partial charge in [-0.25, -0.2) is 9.59 Å². The Labute approximate surface area is 117 Å². The third-order valence-electron chi connectivity index (χ3n) is 2.66. The molecule has 0 aliphatic carbocycles. The van der Waals surface area contributed by atoms with Gasteiger partial charge in [-0.1, -0.05) is 18.2 Å². The topological polar surface area (TPSA) is 98.7 Å². The summed E-state index contributed by atoms with van der Waals surface area (Å²) in [5.41, 5.74) is 0.985. The number of aliphatic hydroxyl groups excluding tert-OH is 1. The predicted molar refractivity (Wildman–Crippen MR) is 74.5 cm³/mol. The third kappa shape index (κ3) is 5.11. The van der Waals surface area contributed by atoms with Gasteiger partial charge < -0.3 is 20.8 Å². The first-order valence-electron chi connectivity index (χ1n) is 6.15. The number of benzene rings is 1. The molecule has 0 fully saturated rings. The van der Waals surface area contributed by atoms with E-state index in [1.807, 2.05) is 0 Å². The lowest BCUT2D eigenvalue weighted by Gasteiger charge is -2.15. The van der Waals surface area contributed by atoms with Crippen molar-refractivity contribution in [2.24, 2.45) is 0 Å². The zero-order chi connectivity index (χ0) is 15.0. The summed E-state index contributed by atoms with van der Waals surface area (Å²) in [5, 5.41) is 23.0. The Bertz CT molecular complexity index is 471. The molecule has 1 atom stereocenters. The quantitative estimate of drug-likeness (QED) is 0.562. The molecule has 6 nitrogen and oxygen atoms in total. The zero-order valence-corrected chi connectivity index (χ0v) is 11.0. The standard InChI is InChI=1S/C14H18N2O4/c1-2-3-12(9-17)16-14(20)15-8-10-4-6-11(7-5-10)13(18)19/h2,4-7,12,17H,1,3,8-9H2,(H,18,19)(H2,15,16,20). The number of hydrogen-bond donors (Lipinski definition) is 4. The second-order valence-corrected chi connectivity index (χ2v) is 4.23. The largest absolute Gasteiger partial charge is 0.478 e. The number of urea groups is 1. The summed E-state index contributed by atoms with van der Waals surface area (Å²) in [6, 6.07) is 5.47. The van der Waals surface area contributed by atoms with Crippen LogP contribution in [-0.2, 0) is 6.54 Å². The molecule has 1 aromatic rings. The molecule has 4 N–H and O–H groups in total. The first-order chi connectivity index (χ1) is 9.56. The highest BCUT2D eigenvalue weighted by Gasteiger charge is 2.09. The molecule has 1 unspecified atom stereocenters. The van der Waals surface area contributed by atoms with E-state index in [0.717, 1.165) is 5.56 Å². The van der Waals surface area contributed by atoms with Crippen LogP contribution in [0.5, 0.6) is 0 Å². The van der Waals surface area contributed by atoms with Gasteiger partial charge in [-0.05, 0) is 24.1 Å². The first kappa shape index (κ1) is 15.7. The van der Waals surface area contributed by atoms with Crippen molar-refractivity contribution >= 4 is 12.0 Å². The molecule has 0 saturated carbocycles. The minimum Gasteiger partial charge on any atom is -0.478 e. The van der Waals surface area contributed by atoms with E-state index in [9.17, 15) is 9.59 Å². The van der Waals surface area contributed by atoms with Gasteiger partial charge in [0, 0.05) is 6.54 Å². The Balaban J connectivity index is 2.44. The first-order valence-corrected chi connectivity index (χ1v) is 6.15. The van der Waals surface area contributed by atoms with Crippen LogP contribution in [0.2, 0.25) is 0 Å². The number of amides is 2. The van der Waals surface area contributed by atoms with Gasteiger partial charge in [-0.3, -0.25) is 0 Å². The smallest absolute Gasteiger partial charge is 0.335 e. The maximum absolute atomic E-state index is 11.6. The lowest BCUT2D eigenvalue weighted by atomic mass is 10.1. The van der Waals surface area contributed by atoms with E-state index in [1.54, 1.807) is 18.2 Å². The Morgan fingerprint density at radius 2 is 1.95 bits per heavy atom. The van der Waals surface area contributed by atoms with E-state index in [-0.39, 0.29) is 24.8 Å². The van der Waals surface area contributed by atoms with Gasteiger partial charge in [-0.2, -0.15) is 0 Å². The minimum atomic E-state index is -0.988. The van der Waals surface area contributed by atoms with Gasteiger partial charge in [0.15, 0.2) is 0 Å². The summed E-state index contributed by atoms with van der Waals surface area (Å²) < 4.78 is 0. The van der Waals surface area contributed by atoms with Crippen LogP contribution in [0.25, 0.3) is 0 Å². The molecule has 0 aromatic heterocycles. The van der Waals surface area contributed by atoms with Crippen molar-refractivity contribution < 1.29 is 19.8 Å². The Kier molecular flexibility index (Phi) is 6.25. The molecule has 0 spiro atoms. The summed E-state index contributed by atoms with van der Waals surface area (Å²) in [6.07, 6.45) is 2.10. The number of rotatable bonds is 7. The van der Waals surface area contributed by atoms with E-state index in [1.165, 1.54) is 12.1 Å². The molecule has 0 aliphatic heterocycles. The number of carbonyl (C=O) groups excluding carboxylic acids is 1. The van der Waals surface area contributed by atoms with E-state index >= 15 is 0 Å². The molecule has 0 saturated heterocycles. The SMILES string of the molecule is C=CCC(CO)NC(=O)NCc1ccc(C(=O)O)cc1. The van der Waals surface area contributed by atoms with E-state index in [2.05, 4.69) is 17.2 Å². The van der Waals surface area contributed by atoms with Crippen LogP contribution in [0.15, 0.2) is 36.9 Å². The van der Waals surface area contributed by atoms with E-state index in [4.69, 9.17) is 10.2 Å². The average Bonchev–Trinajstić information content (AvgIpc) is 2.45. The number of aliphatic hydroxyl groups is 1. The summed E-state index contributed by atoms with van der Waals surface area (Å²) in [7, 11) is 0. The maximum atomic E-state index is 11.6. The van der Waals surface area contributed by atoms with Crippen molar-refractivity contribution in [1.82, 2.24) is 10.6 Å². The van der Waals surface area contributed by atoms with Gasteiger partial charge in [0.1, 0.15) is 0 Å². The van der Waals surface area contributed by atoms with Gasteiger partial charge in [0.25, 0.3) is 0 Å². The van der Waals surface area contributed by atoms with Crippen LogP contribution in [0, 0.1) is 0 Å². The summed E-state index contributed by atoms with van der Waals surface area (Å²) in [6.45, 7) is 3.66. The van der Waals surface area contributed by atoms with Crippen molar-refractivity contribution in [2.45, 2.75) is 19.0 Å². The van der Waals surface area contributed by atoms with Gasteiger partial charge in [-0.15, -0.1) is 6.58 Å². The normalized spacial score (nSPS) is 11.4. The molecular weight excluding hydrogens is 260 g/mol. The highest BCUT2D eigenvalue weighted by molar-refractivity contribution is 5.87. The number of nitrogens with one attached hydrogen (secondary N) is 2. The molecule has 0 heterocycles. The lowest BCUT2D eigenvalue weighted by molar-refractivity contribution is 0.0697. The highest BCUT2D eigenvalue weighted by Crippen LogP contribution is 2.04. The van der Waals surface area contributed by atoms with Crippen molar-refractivity contribution in [3.8, 4) is 0 Å². The van der Waals surface area contributed by atoms with Gasteiger partial charge in [0.05, 0.1) is 18.2 Å². The van der Waals surface area contributed by atoms with Crippen molar-refractivity contribution in [3.63, 3.8) is 0 Å². The molecule has 1 rings (SSSR count). The van der Waals surface area contributed by atoms with Crippen LogP contribution >= 0.6 is 0 Å². The molecule has 2 amide bonds. The molecule has 0 aliphatic rings. The fraction of sp³-hybridized carbons (Fsp3) is 0.286. The number of carboxylic acids is 1. The summed E-state index contributed by atoms with van der Waals surface area (Å²) >= 11 is 0. The van der Waals surface area contributed by atoms with Crippen LogP contribution in [0.1, 0.15) is 22.3 Å². The van der Waals surface area contributed by atoms with Gasteiger partial charge >= 0.3 is 12.0 Å². The maximum Gasteiger partial charge on any atom is 0.335 e. The Morgan fingerprint density at radius 3 is 2.45 bits per heavy atom. The minimum absolute atomic E-state index is 0.160. The number of carbonyl (C=O) groups is 2. The second kappa shape index (κ2) is 7.96. The fourth-order valence-corrected chi connectivity index (χ4v) is 1.56. The van der Waals surface area contributed by atoms with Crippen LogP contribution in [-0.4, -0.2) is 34.9 Å². The molecule has 0 bridgehead atoms. The van der Waals surface area contributed by atoms with E-state index in [0.29, 0.717) is 6.42 Å². The third-order valence-corrected chi connectivity index (χ3v) is 2.66. The van der Waals surface area contributed by atoms with Crippen molar-refractivity contribution in [2.75, 3.05) is 6.61 Å². The molecule has 108 valence electrons. The zero-order valence-electron chi connectivity index (χ0n) is 11.0. The van der Waals surface area contributed by atoms with Crippen molar-refractivity contribution in [3.05, 3.63) is 48.0 Å². The van der Waals surface area contributed by atoms with Crippen LogP contribution in [0.4, 0.5) is 4.79 Å². The molecule has 1 aromatic carbocycles. The fourth-order valence-electron chi connectivity index (χ4n) is 1.56.